The van der Waals surface area contributed by atoms with Gasteiger partial charge < -0.3 is 0 Å². The highest BCUT2D eigenvalue weighted by Gasteiger charge is 2.30. The first-order valence-electron chi connectivity index (χ1n) is 5.18. The van der Waals surface area contributed by atoms with Crippen LogP contribution in [0, 0.1) is 0 Å². The second-order valence-electron chi connectivity index (χ2n) is 4.45. The van der Waals surface area contributed by atoms with Crippen LogP contribution < -0.4 is 0 Å². The third-order valence-corrected chi connectivity index (χ3v) is 7.57. The van der Waals surface area contributed by atoms with E-state index in [2.05, 4.69) is 24.3 Å². The van der Waals surface area contributed by atoms with Crippen molar-refractivity contribution in [1.82, 2.24) is 0 Å². The van der Waals surface area contributed by atoms with Crippen LogP contribution in [0.4, 0.5) is 0 Å². The van der Waals surface area contributed by atoms with Crippen molar-refractivity contribution in [2.75, 3.05) is 11.5 Å². The molecule has 0 amide bonds. The van der Waals surface area contributed by atoms with E-state index in [1.54, 1.807) is 22.6 Å². The smallest absolute Gasteiger partial charge is 0.00281 e. The van der Waals surface area contributed by atoms with Crippen LogP contribution in [0.1, 0.15) is 24.0 Å². The summed E-state index contributed by atoms with van der Waals surface area (Å²) in [5, 5.41) is 0. The molecular formula is C12H16S. The van der Waals surface area contributed by atoms with Gasteiger partial charge in [0.05, 0.1) is 0 Å². The van der Waals surface area contributed by atoms with Crippen LogP contribution in [0.3, 0.4) is 0 Å². The zero-order chi connectivity index (χ0) is 8.73. The first-order valence-corrected chi connectivity index (χ1v) is 7.49. The topological polar surface area (TPSA) is 0 Å². The van der Waals surface area contributed by atoms with Gasteiger partial charge in [-0.3, -0.25) is 0 Å². The Kier molecular flexibility index (Phi) is 1.69. The summed E-state index contributed by atoms with van der Waals surface area (Å²) < 4.78 is 0. The third kappa shape index (κ3) is 1.30. The first kappa shape index (κ1) is 7.93. The zero-order valence-electron chi connectivity index (χ0n) is 7.96. The van der Waals surface area contributed by atoms with Crippen molar-refractivity contribution >= 4 is 10.0 Å². The summed E-state index contributed by atoms with van der Waals surface area (Å²) in [6, 6.07) is 9.37. The molecule has 1 heteroatoms. The Balaban J connectivity index is 2.01. The quantitative estimate of drug-likeness (QED) is 0.591. The largest absolute Gasteiger partial charge is 0.233 e. The van der Waals surface area contributed by atoms with Crippen molar-refractivity contribution in [3.63, 3.8) is 0 Å². The van der Waals surface area contributed by atoms with Gasteiger partial charge in [-0.1, -0.05) is 24.3 Å². The molecule has 0 N–H and O–H groups in total. The van der Waals surface area contributed by atoms with Gasteiger partial charge in [-0.05, 0) is 35.5 Å². The predicted octanol–water partition coefficient (Wildman–Crippen LogP) is 3.30. The molecule has 70 valence electrons. The molecule has 0 aromatic heterocycles. The Morgan fingerprint density at radius 1 is 0.769 bits per heavy atom. The van der Waals surface area contributed by atoms with Crippen LogP contribution in [0.5, 0.6) is 0 Å². The minimum Gasteiger partial charge on any atom is -0.233 e. The molecule has 3 aliphatic rings. The highest BCUT2D eigenvalue weighted by molar-refractivity contribution is 8.32. The molecule has 1 aromatic rings. The molecule has 4 rings (SSSR count). The minimum atomic E-state index is -0.234. The summed E-state index contributed by atoms with van der Waals surface area (Å²) in [6.45, 7) is 0. The Morgan fingerprint density at radius 2 is 1.23 bits per heavy atom. The monoisotopic (exact) mass is 192 g/mol. The SMILES string of the molecule is c1cc2ccc1CS1(CCCC1)C2. The van der Waals surface area contributed by atoms with Crippen molar-refractivity contribution in [2.24, 2.45) is 0 Å². The first-order chi connectivity index (χ1) is 6.36. The summed E-state index contributed by atoms with van der Waals surface area (Å²) in [7, 11) is -0.234. The van der Waals surface area contributed by atoms with E-state index in [9.17, 15) is 0 Å². The van der Waals surface area contributed by atoms with Crippen LogP contribution in [0.25, 0.3) is 0 Å². The third-order valence-electron chi connectivity index (χ3n) is 3.37. The van der Waals surface area contributed by atoms with E-state index in [0.29, 0.717) is 0 Å². The second kappa shape index (κ2) is 2.78. The molecule has 3 heterocycles. The van der Waals surface area contributed by atoms with Crippen LogP contribution in [0.15, 0.2) is 24.3 Å². The molecule has 1 aromatic carbocycles. The van der Waals surface area contributed by atoms with E-state index in [4.69, 9.17) is 0 Å². The summed E-state index contributed by atoms with van der Waals surface area (Å²) in [4.78, 5) is 0. The summed E-state index contributed by atoms with van der Waals surface area (Å²) in [5.41, 5.74) is 3.19. The van der Waals surface area contributed by atoms with Crippen molar-refractivity contribution < 1.29 is 0 Å². The van der Waals surface area contributed by atoms with Gasteiger partial charge in [-0.2, -0.15) is 0 Å². The second-order valence-corrected chi connectivity index (χ2v) is 8.29. The van der Waals surface area contributed by atoms with E-state index in [1.165, 1.54) is 24.3 Å². The number of fused-ring (bicyclic) bond motifs is 2. The van der Waals surface area contributed by atoms with Gasteiger partial charge in [0.2, 0.25) is 0 Å². The molecule has 13 heavy (non-hydrogen) atoms. The fraction of sp³-hybridized carbons (Fsp3) is 0.500. The van der Waals surface area contributed by atoms with E-state index < -0.39 is 0 Å². The molecule has 0 atom stereocenters. The van der Waals surface area contributed by atoms with Gasteiger partial charge in [0, 0.05) is 11.5 Å². The Morgan fingerprint density at radius 3 is 1.69 bits per heavy atom. The summed E-state index contributed by atoms with van der Waals surface area (Å²) >= 11 is 0. The average Bonchev–Trinajstić information content (AvgIpc) is 2.43. The lowest BCUT2D eigenvalue weighted by atomic mass is 10.2. The van der Waals surface area contributed by atoms with Gasteiger partial charge in [0.1, 0.15) is 0 Å². The van der Waals surface area contributed by atoms with Crippen molar-refractivity contribution in [3.8, 4) is 0 Å². The van der Waals surface area contributed by atoms with Crippen molar-refractivity contribution in [3.05, 3.63) is 35.4 Å². The summed E-state index contributed by atoms with van der Waals surface area (Å²) in [6.07, 6.45) is 2.99. The lowest BCUT2D eigenvalue weighted by Crippen LogP contribution is -2.05. The molecule has 1 saturated heterocycles. The molecular weight excluding hydrogens is 176 g/mol. The van der Waals surface area contributed by atoms with Gasteiger partial charge in [0.15, 0.2) is 0 Å². The molecule has 0 aliphatic carbocycles. The van der Waals surface area contributed by atoms with E-state index >= 15 is 0 Å². The maximum atomic E-state index is 2.34. The Labute approximate surface area is 81.7 Å². The maximum Gasteiger partial charge on any atom is 0.00281 e. The average molecular weight is 192 g/mol. The molecule has 0 unspecified atom stereocenters. The van der Waals surface area contributed by atoms with Crippen LogP contribution in [0.2, 0.25) is 0 Å². The maximum absolute atomic E-state index is 2.34. The molecule has 1 fully saturated rings. The van der Waals surface area contributed by atoms with Gasteiger partial charge >= 0.3 is 0 Å². The minimum absolute atomic E-state index is 0.234. The molecule has 1 spiro atoms. The lowest BCUT2D eigenvalue weighted by molar-refractivity contribution is 0.949. The number of rotatable bonds is 0. The number of hydrogen-bond acceptors (Lipinski definition) is 0. The predicted molar refractivity (Wildman–Crippen MR) is 60.4 cm³/mol. The number of hydrogen-bond donors (Lipinski definition) is 0. The van der Waals surface area contributed by atoms with Crippen LogP contribution in [-0.4, -0.2) is 11.5 Å². The summed E-state index contributed by atoms with van der Waals surface area (Å²) in [5.74, 6) is 5.93. The van der Waals surface area contributed by atoms with Crippen LogP contribution in [-0.2, 0) is 11.5 Å². The number of benzene rings is 1. The van der Waals surface area contributed by atoms with Gasteiger partial charge in [0.25, 0.3) is 0 Å². The Bertz CT molecular complexity index is 279. The van der Waals surface area contributed by atoms with Crippen molar-refractivity contribution in [2.45, 2.75) is 24.3 Å². The van der Waals surface area contributed by atoms with Gasteiger partial charge in [-0.25, -0.2) is 10.0 Å². The fourth-order valence-corrected chi connectivity index (χ4v) is 7.01. The standard InChI is InChI=1S/C12H16S/c1-2-8-13(7-1)9-11-3-4-12(10-13)6-5-11/h3-6H,1-2,7-10H2. The molecule has 2 bridgehead atoms. The van der Waals surface area contributed by atoms with E-state index in [1.807, 2.05) is 0 Å². The van der Waals surface area contributed by atoms with Crippen LogP contribution >= 0.6 is 10.0 Å². The van der Waals surface area contributed by atoms with Crippen molar-refractivity contribution in [1.29, 1.82) is 0 Å². The highest BCUT2D eigenvalue weighted by Crippen LogP contribution is 2.59. The zero-order valence-corrected chi connectivity index (χ0v) is 8.78. The molecule has 3 aliphatic heterocycles. The lowest BCUT2D eigenvalue weighted by Gasteiger charge is -2.34. The van der Waals surface area contributed by atoms with E-state index in [0.717, 1.165) is 0 Å². The molecule has 0 nitrogen and oxygen atoms in total. The van der Waals surface area contributed by atoms with E-state index in [-0.39, 0.29) is 10.0 Å². The molecule has 0 saturated carbocycles. The fourth-order valence-electron chi connectivity index (χ4n) is 2.70. The molecule has 0 radical (unpaired) electrons. The van der Waals surface area contributed by atoms with Gasteiger partial charge in [-0.15, -0.1) is 0 Å². The normalized spacial score (nSPS) is 26.2. The Hall–Kier alpha value is -0.430. The highest BCUT2D eigenvalue weighted by atomic mass is 32.3.